The predicted molar refractivity (Wildman–Crippen MR) is 96.5 cm³/mol. The van der Waals surface area contributed by atoms with Crippen LogP contribution in [0.2, 0.25) is 0 Å². The van der Waals surface area contributed by atoms with Crippen LogP contribution in [0.3, 0.4) is 0 Å². The lowest BCUT2D eigenvalue weighted by Gasteiger charge is -2.11. The third kappa shape index (κ3) is 3.14. The molecule has 0 saturated heterocycles. The van der Waals surface area contributed by atoms with Gasteiger partial charge in [-0.1, -0.05) is 12.1 Å². The molecule has 6 heteroatoms. The quantitative estimate of drug-likeness (QED) is 0.607. The fourth-order valence-electron chi connectivity index (χ4n) is 2.66. The number of pyridine rings is 1. The molecule has 1 N–H and O–H groups in total. The van der Waals surface area contributed by atoms with Crippen molar-refractivity contribution >= 4 is 11.5 Å². The monoisotopic (exact) mass is 331 g/mol. The predicted octanol–water partition coefficient (Wildman–Crippen LogP) is 3.41. The molecule has 3 aromatic heterocycles. The number of anilines is 1. The van der Waals surface area contributed by atoms with Crippen molar-refractivity contribution in [1.29, 1.82) is 0 Å². The summed E-state index contributed by atoms with van der Waals surface area (Å²) in [5.74, 6) is 1.68. The average Bonchev–Trinajstić information content (AvgIpc) is 3.15. The Hall–Kier alpha value is -3.41. The lowest BCUT2D eigenvalue weighted by Crippen LogP contribution is -2.06. The molecule has 0 aliphatic carbocycles. The number of aromatic nitrogens is 4. The van der Waals surface area contributed by atoms with Crippen molar-refractivity contribution in [3.63, 3.8) is 0 Å². The smallest absolute Gasteiger partial charge is 0.157 e. The average molecular weight is 331 g/mol. The fourth-order valence-corrected chi connectivity index (χ4v) is 2.66. The van der Waals surface area contributed by atoms with Gasteiger partial charge in [-0.3, -0.25) is 4.98 Å². The third-order valence-corrected chi connectivity index (χ3v) is 3.95. The molecule has 0 atom stereocenters. The van der Waals surface area contributed by atoms with Gasteiger partial charge in [-0.15, -0.1) is 0 Å². The highest BCUT2D eigenvalue weighted by molar-refractivity contribution is 5.67. The SMILES string of the molecule is COc1cccc(-c2cc(NCc3ccncc3)n3nccc3n2)c1. The van der Waals surface area contributed by atoms with Crippen LogP contribution in [-0.2, 0) is 6.54 Å². The normalized spacial score (nSPS) is 10.8. The second-order valence-electron chi connectivity index (χ2n) is 5.57. The van der Waals surface area contributed by atoms with Gasteiger partial charge in [0.25, 0.3) is 0 Å². The van der Waals surface area contributed by atoms with Crippen molar-refractivity contribution in [2.24, 2.45) is 0 Å². The van der Waals surface area contributed by atoms with Crippen LogP contribution in [0.5, 0.6) is 5.75 Å². The van der Waals surface area contributed by atoms with Gasteiger partial charge in [0.1, 0.15) is 11.6 Å². The van der Waals surface area contributed by atoms with Gasteiger partial charge in [0.15, 0.2) is 5.65 Å². The molecule has 6 nitrogen and oxygen atoms in total. The first-order valence-corrected chi connectivity index (χ1v) is 7.95. The Bertz CT molecular complexity index is 997. The molecule has 0 radical (unpaired) electrons. The molecular formula is C19H17N5O. The zero-order valence-electron chi connectivity index (χ0n) is 13.8. The van der Waals surface area contributed by atoms with E-state index in [2.05, 4.69) is 15.4 Å². The van der Waals surface area contributed by atoms with Gasteiger partial charge < -0.3 is 10.1 Å². The zero-order valence-corrected chi connectivity index (χ0v) is 13.8. The maximum atomic E-state index is 5.32. The summed E-state index contributed by atoms with van der Waals surface area (Å²) in [6, 6.07) is 15.7. The first kappa shape index (κ1) is 15.1. The lowest BCUT2D eigenvalue weighted by molar-refractivity contribution is 0.415. The highest BCUT2D eigenvalue weighted by atomic mass is 16.5. The minimum atomic E-state index is 0.680. The van der Waals surface area contributed by atoms with Crippen molar-refractivity contribution in [3.8, 4) is 17.0 Å². The van der Waals surface area contributed by atoms with E-state index in [1.54, 1.807) is 30.2 Å². The zero-order chi connectivity index (χ0) is 17.1. The van der Waals surface area contributed by atoms with Crippen LogP contribution in [0.25, 0.3) is 16.9 Å². The molecule has 0 bridgehead atoms. The van der Waals surface area contributed by atoms with Crippen LogP contribution in [0.15, 0.2) is 67.1 Å². The molecule has 0 saturated carbocycles. The molecule has 0 fully saturated rings. The van der Waals surface area contributed by atoms with Crippen molar-refractivity contribution in [3.05, 3.63) is 72.7 Å². The minimum Gasteiger partial charge on any atom is -0.497 e. The molecule has 0 aliphatic rings. The van der Waals surface area contributed by atoms with Crippen LogP contribution in [0, 0.1) is 0 Å². The first-order valence-electron chi connectivity index (χ1n) is 7.95. The van der Waals surface area contributed by atoms with Crippen LogP contribution in [0.1, 0.15) is 5.56 Å². The maximum Gasteiger partial charge on any atom is 0.157 e. The van der Waals surface area contributed by atoms with E-state index in [1.807, 2.05) is 48.5 Å². The van der Waals surface area contributed by atoms with Crippen molar-refractivity contribution in [2.45, 2.75) is 6.54 Å². The van der Waals surface area contributed by atoms with Gasteiger partial charge in [0.05, 0.1) is 19.0 Å². The molecular weight excluding hydrogens is 314 g/mol. The van der Waals surface area contributed by atoms with E-state index in [-0.39, 0.29) is 0 Å². The van der Waals surface area contributed by atoms with E-state index >= 15 is 0 Å². The fraction of sp³-hybridized carbons (Fsp3) is 0.105. The lowest BCUT2D eigenvalue weighted by atomic mass is 10.1. The minimum absolute atomic E-state index is 0.680. The largest absolute Gasteiger partial charge is 0.497 e. The maximum absolute atomic E-state index is 5.32. The molecule has 4 aromatic rings. The van der Waals surface area contributed by atoms with E-state index in [9.17, 15) is 0 Å². The van der Waals surface area contributed by atoms with E-state index < -0.39 is 0 Å². The summed E-state index contributed by atoms with van der Waals surface area (Å²) in [6.45, 7) is 0.680. The molecule has 25 heavy (non-hydrogen) atoms. The van der Waals surface area contributed by atoms with Crippen molar-refractivity contribution < 1.29 is 4.74 Å². The summed E-state index contributed by atoms with van der Waals surface area (Å²) in [7, 11) is 1.66. The van der Waals surface area contributed by atoms with Crippen LogP contribution in [0.4, 0.5) is 5.82 Å². The van der Waals surface area contributed by atoms with Crippen LogP contribution in [-0.4, -0.2) is 26.7 Å². The third-order valence-electron chi connectivity index (χ3n) is 3.95. The molecule has 0 aliphatic heterocycles. The van der Waals surface area contributed by atoms with Gasteiger partial charge >= 0.3 is 0 Å². The molecule has 0 spiro atoms. The number of methoxy groups -OCH3 is 1. The number of ether oxygens (including phenoxy) is 1. The summed E-state index contributed by atoms with van der Waals surface area (Å²) in [6.07, 6.45) is 5.32. The summed E-state index contributed by atoms with van der Waals surface area (Å²) in [4.78, 5) is 8.74. The Balaban J connectivity index is 1.71. The number of hydrogen-bond acceptors (Lipinski definition) is 5. The van der Waals surface area contributed by atoms with Gasteiger partial charge in [0, 0.05) is 36.6 Å². The molecule has 0 amide bonds. The molecule has 0 unspecified atom stereocenters. The van der Waals surface area contributed by atoms with Gasteiger partial charge in [-0.05, 0) is 29.8 Å². The first-order chi connectivity index (χ1) is 12.3. The number of benzene rings is 1. The standard InChI is InChI=1S/C19H17N5O/c1-25-16-4-2-3-15(11-16)17-12-19(24-18(23-17)7-10-22-24)21-13-14-5-8-20-9-6-14/h2-12,21H,13H2,1H3. The van der Waals surface area contributed by atoms with E-state index in [0.29, 0.717) is 6.54 Å². The molecule has 3 heterocycles. The number of nitrogens with one attached hydrogen (secondary N) is 1. The number of hydrogen-bond donors (Lipinski definition) is 1. The van der Waals surface area contributed by atoms with Crippen LogP contribution >= 0.6 is 0 Å². The summed E-state index contributed by atoms with van der Waals surface area (Å²) in [5, 5.41) is 7.78. The summed E-state index contributed by atoms with van der Waals surface area (Å²) >= 11 is 0. The van der Waals surface area contributed by atoms with E-state index in [1.165, 1.54) is 0 Å². The van der Waals surface area contributed by atoms with Crippen molar-refractivity contribution in [2.75, 3.05) is 12.4 Å². The molecule has 4 rings (SSSR count). The molecule has 124 valence electrons. The van der Waals surface area contributed by atoms with Gasteiger partial charge in [-0.2, -0.15) is 9.61 Å². The number of rotatable bonds is 5. The Labute approximate surface area is 145 Å². The second kappa shape index (κ2) is 6.60. The van der Waals surface area contributed by atoms with E-state index in [4.69, 9.17) is 9.72 Å². The highest BCUT2D eigenvalue weighted by Gasteiger charge is 2.09. The van der Waals surface area contributed by atoms with Crippen molar-refractivity contribution in [1.82, 2.24) is 19.6 Å². The number of fused-ring (bicyclic) bond motifs is 1. The summed E-state index contributed by atoms with van der Waals surface area (Å²) < 4.78 is 7.11. The summed E-state index contributed by atoms with van der Waals surface area (Å²) in [5.41, 5.74) is 3.80. The van der Waals surface area contributed by atoms with Gasteiger partial charge in [0.2, 0.25) is 0 Å². The van der Waals surface area contributed by atoms with Crippen LogP contribution < -0.4 is 10.1 Å². The van der Waals surface area contributed by atoms with E-state index in [0.717, 1.165) is 34.0 Å². The topological polar surface area (TPSA) is 64.3 Å². The molecule has 1 aromatic carbocycles. The number of nitrogens with zero attached hydrogens (tertiary/aromatic N) is 4. The Kier molecular flexibility index (Phi) is 4.00. The highest BCUT2D eigenvalue weighted by Crippen LogP contribution is 2.25. The second-order valence-corrected chi connectivity index (χ2v) is 5.57. The Morgan fingerprint density at radius 2 is 1.92 bits per heavy atom. The Morgan fingerprint density at radius 3 is 2.76 bits per heavy atom. The Morgan fingerprint density at radius 1 is 1.04 bits per heavy atom. The van der Waals surface area contributed by atoms with Gasteiger partial charge in [-0.25, -0.2) is 4.98 Å².